The van der Waals surface area contributed by atoms with Crippen molar-refractivity contribution in [1.29, 1.82) is 5.26 Å². The Morgan fingerprint density at radius 2 is 2.20 bits per heavy atom. The molecule has 1 heterocycles. The van der Waals surface area contributed by atoms with Crippen molar-refractivity contribution >= 4 is 0 Å². The number of halogens is 3. The molecule has 0 aromatic carbocycles. The summed E-state index contributed by atoms with van der Waals surface area (Å²) in [5.41, 5.74) is 0.524. The fourth-order valence-electron chi connectivity index (χ4n) is 1.05. The van der Waals surface area contributed by atoms with Crippen molar-refractivity contribution in [1.82, 2.24) is 4.98 Å². The first-order valence-electron chi connectivity index (χ1n) is 4.01. The van der Waals surface area contributed by atoms with E-state index in [0.29, 0.717) is 5.69 Å². The van der Waals surface area contributed by atoms with Crippen molar-refractivity contribution in [3.63, 3.8) is 0 Å². The van der Waals surface area contributed by atoms with Gasteiger partial charge in [0.1, 0.15) is 5.75 Å². The highest BCUT2D eigenvalue weighted by atomic mass is 19.4. The smallest absolute Gasteiger partial charge is 0.405 e. The van der Waals surface area contributed by atoms with Crippen molar-refractivity contribution in [2.75, 3.05) is 0 Å². The van der Waals surface area contributed by atoms with Crippen LogP contribution in [0.3, 0.4) is 0 Å². The highest BCUT2D eigenvalue weighted by molar-refractivity contribution is 5.35. The molecule has 0 aliphatic carbocycles. The summed E-state index contributed by atoms with van der Waals surface area (Å²) in [6.07, 6.45) is -3.59. The summed E-state index contributed by atoms with van der Waals surface area (Å²) in [4.78, 5) is 3.79. The molecular weight excluding hydrogens is 209 g/mol. The predicted molar refractivity (Wildman–Crippen MR) is 45.0 cm³/mol. The number of hydrogen-bond donors (Lipinski definition) is 0. The van der Waals surface area contributed by atoms with E-state index in [1.54, 1.807) is 0 Å². The van der Waals surface area contributed by atoms with E-state index >= 15 is 0 Å². The maximum absolute atomic E-state index is 11.9. The quantitative estimate of drug-likeness (QED) is 0.762. The third-order valence-corrected chi connectivity index (χ3v) is 1.73. The van der Waals surface area contributed by atoms with Crippen molar-refractivity contribution in [2.45, 2.75) is 19.7 Å². The van der Waals surface area contributed by atoms with E-state index in [4.69, 9.17) is 5.26 Å². The number of pyridine rings is 1. The number of hydrogen-bond acceptors (Lipinski definition) is 3. The van der Waals surface area contributed by atoms with Crippen LogP contribution < -0.4 is 4.74 Å². The van der Waals surface area contributed by atoms with Crippen LogP contribution in [0.1, 0.15) is 11.3 Å². The molecule has 0 saturated carbocycles. The second-order valence-electron chi connectivity index (χ2n) is 2.76. The largest absolute Gasteiger partial charge is 0.573 e. The average Bonchev–Trinajstić information content (AvgIpc) is 2.10. The van der Waals surface area contributed by atoms with E-state index in [-0.39, 0.29) is 17.7 Å². The number of aromatic nitrogens is 1. The molecule has 0 saturated heterocycles. The Kier molecular flexibility index (Phi) is 3.14. The molecule has 0 atom stereocenters. The van der Waals surface area contributed by atoms with Gasteiger partial charge in [-0.05, 0) is 13.0 Å². The van der Waals surface area contributed by atoms with Crippen LogP contribution in [0.5, 0.6) is 5.75 Å². The summed E-state index contributed by atoms with van der Waals surface area (Å²) in [7, 11) is 0. The minimum Gasteiger partial charge on any atom is -0.405 e. The number of rotatable bonds is 2. The Labute approximate surface area is 84.1 Å². The fourth-order valence-corrected chi connectivity index (χ4v) is 1.05. The molecule has 1 rings (SSSR count). The summed E-state index contributed by atoms with van der Waals surface area (Å²) in [6.45, 7) is 1.43. The summed E-state index contributed by atoms with van der Waals surface area (Å²) in [5, 5.41) is 8.41. The molecule has 0 bridgehead atoms. The second-order valence-corrected chi connectivity index (χ2v) is 2.76. The topological polar surface area (TPSA) is 45.9 Å². The zero-order valence-electron chi connectivity index (χ0n) is 7.80. The molecule has 1 aromatic rings. The maximum Gasteiger partial charge on any atom is 0.573 e. The van der Waals surface area contributed by atoms with Crippen molar-refractivity contribution < 1.29 is 17.9 Å². The number of nitrogens with zero attached hydrogens (tertiary/aromatic N) is 2. The van der Waals surface area contributed by atoms with Gasteiger partial charge in [-0.15, -0.1) is 13.2 Å². The third kappa shape index (κ3) is 3.13. The molecule has 3 nitrogen and oxygen atoms in total. The van der Waals surface area contributed by atoms with Gasteiger partial charge in [0.15, 0.2) is 0 Å². The Morgan fingerprint density at radius 1 is 1.53 bits per heavy atom. The van der Waals surface area contributed by atoms with Gasteiger partial charge in [0, 0.05) is 11.8 Å². The van der Waals surface area contributed by atoms with E-state index in [0.717, 1.165) is 6.07 Å². The lowest BCUT2D eigenvalue weighted by Gasteiger charge is -2.12. The second kappa shape index (κ2) is 4.17. The molecule has 0 fully saturated rings. The Morgan fingerprint density at radius 3 is 2.73 bits per heavy atom. The first-order valence-corrected chi connectivity index (χ1v) is 4.01. The standard InChI is InChI=1S/C9H7F3N2O/c1-6-7(2-4-13)14-5-3-8(6)15-9(10,11)12/h3,5H,2H2,1H3. The van der Waals surface area contributed by atoms with E-state index in [1.807, 2.05) is 6.07 Å². The Bertz CT molecular complexity index is 395. The predicted octanol–water partition coefficient (Wildman–Crippen LogP) is 2.35. The van der Waals surface area contributed by atoms with E-state index in [1.165, 1.54) is 13.1 Å². The van der Waals surface area contributed by atoms with Crippen LogP contribution in [0, 0.1) is 18.3 Å². The summed E-state index contributed by atoms with van der Waals surface area (Å²) < 4.78 is 39.6. The first-order chi connectivity index (χ1) is 6.94. The van der Waals surface area contributed by atoms with Gasteiger partial charge in [-0.2, -0.15) is 5.26 Å². The van der Waals surface area contributed by atoms with Crippen LogP contribution in [-0.2, 0) is 6.42 Å². The van der Waals surface area contributed by atoms with Crippen LogP contribution in [-0.4, -0.2) is 11.3 Å². The lowest BCUT2D eigenvalue weighted by atomic mass is 10.1. The number of ether oxygens (including phenoxy) is 1. The highest BCUT2D eigenvalue weighted by Crippen LogP contribution is 2.26. The molecule has 0 aliphatic heterocycles. The van der Waals surface area contributed by atoms with Crippen molar-refractivity contribution in [2.24, 2.45) is 0 Å². The third-order valence-electron chi connectivity index (χ3n) is 1.73. The normalized spacial score (nSPS) is 10.9. The van der Waals surface area contributed by atoms with E-state index in [9.17, 15) is 13.2 Å². The van der Waals surface area contributed by atoms with E-state index < -0.39 is 6.36 Å². The van der Waals surface area contributed by atoms with Crippen LogP contribution in [0.2, 0.25) is 0 Å². The lowest BCUT2D eigenvalue weighted by molar-refractivity contribution is -0.274. The first kappa shape index (κ1) is 11.3. The van der Waals surface area contributed by atoms with Crippen LogP contribution >= 0.6 is 0 Å². The van der Waals surface area contributed by atoms with Gasteiger partial charge >= 0.3 is 6.36 Å². The SMILES string of the molecule is Cc1c(OC(F)(F)F)ccnc1CC#N. The van der Waals surface area contributed by atoms with Crippen LogP contribution in [0.15, 0.2) is 12.3 Å². The van der Waals surface area contributed by atoms with Gasteiger partial charge in [-0.3, -0.25) is 4.98 Å². The molecule has 80 valence electrons. The fraction of sp³-hybridized carbons (Fsp3) is 0.333. The van der Waals surface area contributed by atoms with E-state index in [2.05, 4.69) is 9.72 Å². The molecule has 0 unspecified atom stereocenters. The molecule has 0 spiro atoms. The lowest BCUT2D eigenvalue weighted by Crippen LogP contribution is -2.18. The molecule has 0 N–H and O–H groups in total. The van der Waals surface area contributed by atoms with Gasteiger partial charge in [0.25, 0.3) is 0 Å². The molecule has 0 radical (unpaired) electrons. The van der Waals surface area contributed by atoms with Gasteiger partial charge in [0.2, 0.25) is 0 Å². The van der Waals surface area contributed by atoms with Gasteiger partial charge in [-0.1, -0.05) is 0 Å². The molecule has 6 heteroatoms. The molecule has 1 aromatic heterocycles. The zero-order chi connectivity index (χ0) is 11.5. The zero-order valence-corrected chi connectivity index (χ0v) is 7.80. The number of nitriles is 1. The molecule has 15 heavy (non-hydrogen) atoms. The summed E-state index contributed by atoms with van der Waals surface area (Å²) in [5.74, 6) is -0.317. The molecule has 0 aliphatic rings. The minimum atomic E-state index is -4.73. The Balaban J connectivity index is 3.00. The van der Waals surface area contributed by atoms with Gasteiger partial charge in [-0.25, -0.2) is 0 Å². The van der Waals surface area contributed by atoms with Gasteiger partial charge < -0.3 is 4.74 Å². The van der Waals surface area contributed by atoms with Crippen molar-refractivity contribution in [3.8, 4) is 11.8 Å². The van der Waals surface area contributed by atoms with Crippen LogP contribution in [0.25, 0.3) is 0 Å². The maximum atomic E-state index is 11.9. The minimum absolute atomic E-state index is 0.0408. The molecular formula is C9H7F3N2O. The summed E-state index contributed by atoms with van der Waals surface area (Å²) >= 11 is 0. The summed E-state index contributed by atoms with van der Waals surface area (Å²) in [6, 6.07) is 2.93. The van der Waals surface area contributed by atoms with Gasteiger partial charge in [0.05, 0.1) is 18.2 Å². The van der Waals surface area contributed by atoms with Crippen LogP contribution in [0.4, 0.5) is 13.2 Å². The molecule has 0 amide bonds. The average molecular weight is 216 g/mol. The highest BCUT2D eigenvalue weighted by Gasteiger charge is 2.32. The number of alkyl halides is 3. The Hall–Kier alpha value is -1.77. The van der Waals surface area contributed by atoms with Crippen molar-refractivity contribution in [3.05, 3.63) is 23.5 Å². The monoisotopic (exact) mass is 216 g/mol.